The molecule has 0 saturated carbocycles. The molecular formula is C13H17NO. The molecule has 80 valence electrons. The highest BCUT2D eigenvalue weighted by Gasteiger charge is 2.20. The third kappa shape index (κ3) is 2.20. The van der Waals surface area contributed by atoms with Crippen molar-refractivity contribution in [1.82, 2.24) is 5.32 Å². The van der Waals surface area contributed by atoms with Gasteiger partial charge in [-0.1, -0.05) is 31.2 Å². The summed E-state index contributed by atoms with van der Waals surface area (Å²) in [6.07, 6.45) is 2.73. The van der Waals surface area contributed by atoms with Gasteiger partial charge < -0.3 is 5.32 Å². The Morgan fingerprint density at radius 3 is 2.87 bits per heavy atom. The van der Waals surface area contributed by atoms with E-state index in [1.54, 1.807) is 0 Å². The lowest BCUT2D eigenvalue weighted by molar-refractivity contribution is -0.122. The molecule has 0 spiro atoms. The fourth-order valence-electron chi connectivity index (χ4n) is 2.25. The molecule has 1 heterocycles. The van der Waals surface area contributed by atoms with E-state index < -0.39 is 0 Å². The van der Waals surface area contributed by atoms with Gasteiger partial charge in [-0.2, -0.15) is 0 Å². The van der Waals surface area contributed by atoms with Crippen LogP contribution in [0.25, 0.3) is 0 Å². The highest BCUT2D eigenvalue weighted by molar-refractivity contribution is 5.76. The number of piperidine rings is 1. The quantitative estimate of drug-likeness (QED) is 0.784. The van der Waals surface area contributed by atoms with Gasteiger partial charge in [-0.25, -0.2) is 0 Å². The first-order valence-electron chi connectivity index (χ1n) is 5.65. The van der Waals surface area contributed by atoms with Crippen LogP contribution in [0.2, 0.25) is 0 Å². The first kappa shape index (κ1) is 10.2. The van der Waals surface area contributed by atoms with E-state index in [2.05, 4.69) is 36.5 Å². The Morgan fingerprint density at radius 2 is 2.20 bits per heavy atom. The first-order valence-corrected chi connectivity index (χ1v) is 5.65. The van der Waals surface area contributed by atoms with E-state index >= 15 is 0 Å². The van der Waals surface area contributed by atoms with Gasteiger partial charge in [0.2, 0.25) is 5.91 Å². The minimum atomic E-state index is 0.195. The van der Waals surface area contributed by atoms with Crippen molar-refractivity contribution in [3.8, 4) is 0 Å². The maximum atomic E-state index is 11.1. The normalized spacial score (nSPS) is 21.1. The minimum Gasteiger partial charge on any atom is -0.355 e. The van der Waals surface area contributed by atoms with Crippen molar-refractivity contribution in [3.63, 3.8) is 0 Å². The van der Waals surface area contributed by atoms with Gasteiger partial charge in [-0.3, -0.25) is 4.79 Å². The van der Waals surface area contributed by atoms with E-state index in [0.29, 0.717) is 12.3 Å². The topological polar surface area (TPSA) is 29.1 Å². The molecule has 1 fully saturated rings. The number of carbonyl (C=O) groups excluding carboxylic acids is 1. The van der Waals surface area contributed by atoms with Gasteiger partial charge in [-0.15, -0.1) is 0 Å². The maximum absolute atomic E-state index is 11.1. The lowest BCUT2D eigenvalue weighted by atomic mass is 9.87. The second kappa shape index (κ2) is 4.47. The number of nitrogens with one attached hydrogen (secondary N) is 1. The van der Waals surface area contributed by atoms with Gasteiger partial charge in [-0.05, 0) is 24.0 Å². The second-order valence-electron chi connectivity index (χ2n) is 4.09. The lowest BCUT2D eigenvalue weighted by Gasteiger charge is -2.24. The van der Waals surface area contributed by atoms with Crippen LogP contribution in [-0.4, -0.2) is 12.5 Å². The number of aryl methyl sites for hydroxylation is 1. The molecule has 1 aliphatic rings. The van der Waals surface area contributed by atoms with E-state index in [9.17, 15) is 4.79 Å². The Morgan fingerprint density at radius 1 is 1.40 bits per heavy atom. The minimum absolute atomic E-state index is 0.195. The molecule has 1 saturated heterocycles. The molecule has 1 atom stereocenters. The maximum Gasteiger partial charge on any atom is 0.220 e. The fraction of sp³-hybridized carbons (Fsp3) is 0.462. The summed E-state index contributed by atoms with van der Waals surface area (Å²) in [6, 6.07) is 8.56. The molecule has 1 aromatic carbocycles. The Bertz CT molecular complexity index is 349. The van der Waals surface area contributed by atoms with E-state index in [-0.39, 0.29) is 5.91 Å². The van der Waals surface area contributed by atoms with Gasteiger partial charge in [0.1, 0.15) is 0 Å². The van der Waals surface area contributed by atoms with Crippen molar-refractivity contribution < 1.29 is 4.79 Å². The highest BCUT2D eigenvalue weighted by Crippen LogP contribution is 2.26. The number of amides is 1. The zero-order valence-electron chi connectivity index (χ0n) is 9.12. The van der Waals surface area contributed by atoms with Crippen LogP contribution in [0.4, 0.5) is 0 Å². The molecule has 0 unspecified atom stereocenters. The molecule has 1 aromatic rings. The fourth-order valence-corrected chi connectivity index (χ4v) is 2.25. The van der Waals surface area contributed by atoms with Crippen molar-refractivity contribution >= 4 is 5.91 Å². The largest absolute Gasteiger partial charge is 0.355 e. The SMILES string of the molecule is CCc1ccccc1[C@@H]1CCC(=O)NC1. The van der Waals surface area contributed by atoms with Crippen molar-refractivity contribution in [3.05, 3.63) is 35.4 Å². The number of hydrogen-bond donors (Lipinski definition) is 1. The zero-order valence-corrected chi connectivity index (χ0v) is 9.12. The van der Waals surface area contributed by atoms with Gasteiger partial charge in [0.05, 0.1) is 0 Å². The second-order valence-corrected chi connectivity index (χ2v) is 4.09. The Hall–Kier alpha value is -1.31. The Labute approximate surface area is 90.7 Å². The Kier molecular flexibility index (Phi) is 3.05. The number of benzene rings is 1. The van der Waals surface area contributed by atoms with Crippen LogP contribution in [0.5, 0.6) is 0 Å². The summed E-state index contributed by atoms with van der Waals surface area (Å²) in [6.45, 7) is 2.98. The number of hydrogen-bond acceptors (Lipinski definition) is 1. The molecule has 0 aliphatic carbocycles. The summed E-state index contributed by atoms with van der Waals surface area (Å²) >= 11 is 0. The predicted molar refractivity (Wildman–Crippen MR) is 60.8 cm³/mol. The molecule has 1 amide bonds. The molecule has 1 aliphatic heterocycles. The van der Waals surface area contributed by atoms with Gasteiger partial charge in [0.15, 0.2) is 0 Å². The van der Waals surface area contributed by atoms with E-state index in [1.807, 2.05) is 0 Å². The molecule has 2 heteroatoms. The monoisotopic (exact) mass is 203 g/mol. The van der Waals surface area contributed by atoms with Crippen molar-refractivity contribution in [1.29, 1.82) is 0 Å². The summed E-state index contributed by atoms with van der Waals surface area (Å²) in [5, 5.41) is 2.94. The number of carbonyl (C=O) groups is 1. The third-order valence-corrected chi connectivity index (χ3v) is 3.14. The molecule has 0 radical (unpaired) electrons. The third-order valence-electron chi connectivity index (χ3n) is 3.14. The predicted octanol–water partition coefficient (Wildman–Crippen LogP) is 2.24. The Balaban J connectivity index is 2.18. The molecule has 0 aromatic heterocycles. The van der Waals surface area contributed by atoms with Crippen LogP contribution in [0, 0.1) is 0 Å². The standard InChI is InChI=1S/C13H17NO/c1-2-10-5-3-4-6-12(10)11-7-8-13(15)14-9-11/h3-6,11H,2,7-9H2,1H3,(H,14,15)/t11-/m1/s1. The van der Waals surface area contributed by atoms with Gasteiger partial charge in [0.25, 0.3) is 0 Å². The zero-order chi connectivity index (χ0) is 10.7. The smallest absolute Gasteiger partial charge is 0.220 e. The first-order chi connectivity index (χ1) is 7.31. The summed E-state index contributed by atoms with van der Waals surface area (Å²) in [5.41, 5.74) is 2.83. The van der Waals surface area contributed by atoms with Crippen molar-refractivity contribution in [2.75, 3.05) is 6.54 Å². The molecule has 2 rings (SSSR count). The average molecular weight is 203 g/mol. The van der Waals surface area contributed by atoms with Crippen LogP contribution in [-0.2, 0) is 11.2 Å². The summed E-state index contributed by atoms with van der Waals surface area (Å²) in [5.74, 6) is 0.707. The number of rotatable bonds is 2. The molecule has 15 heavy (non-hydrogen) atoms. The van der Waals surface area contributed by atoms with Crippen LogP contribution in [0.15, 0.2) is 24.3 Å². The molecule has 1 N–H and O–H groups in total. The van der Waals surface area contributed by atoms with Crippen molar-refractivity contribution in [2.24, 2.45) is 0 Å². The highest BCUT2D eigenvalue weighted by atomic mass is 16.1. The summed E-state index contributed by atoms with van der Waals surface area (Å²) in [7, 11) is 0. The van der Waals surface area contributed by atoms with Gasteiger partial charge >= 0.3 is 0 Å². The van der Waals surface area contributed by atoms with E-state index in [0.717, 1.165) is 19.4 Å². The lowest BCUT2D eigenvalue weighted by Crippen LogP contribution is -2.33. The molecule has 0 bridgehead atoms. The van der Waals surface area contributed by atoms with E-state index in [4.69, 9.17) is 0 Å². The molecular weight excluding hydrogens is 186 g/mol. The molecule has 2 nitrogen and oxygen atoms in total. The van der Waals surface area contributed by atoms with E-state index in [1.165, 1.54) is 11.1 Å². The van der Waals surface area contributed by atoms with Crippen LogP contribution < -0.4 is 5.32 Å². The summed E-state index contributed by atoms with van der Waals surface area (Å²) in [4.78, 5) is 11.1. The van der Waals surface area contributed by atoms with Gasteiger partial charge in [0, 0.05) is 18.9 Å². The van der Waals surface area contributed by atoms with Crippen LogP contribution in [0.1, 0.15) is 36.8 Å². The van der Waals surface area contributed by atoms with Crippen LogP contribution in [0.3, 0.4) is 0 Å². The summed E-state index contributed by atoms with van der Waals surface area (Å²) < 4.78 is 0. The van der Waals surface area contributed by atoms with Crippen LogP contribution >= 0.6 is 0 Å². The average Bonchev–Trinajstić information content (AvgIpc) is 2.30. The van der Waals surface area contributed by atoms with Crippen molar-refractivity contribution in [2.45, 2.75) is 32.1 Å².